The number of oxime groups is 1. The number of hydrogen-bond donors (Lipinski definition) is 5. The fraction of sp³-hybridized carbons (Fsp3) is 0.941. The molecular formula is C34H62N2O10. The normalized spacial score (nSPS) is 49.4. The molecule has 0 aliphatic carbocycles. The monoisotopic (exact) mass is 658 g/mol. The Balaban J connectivity index is 2.05. The Labute approximate surface area is 275 Å². The van der Waals surface area contributed by atoms with Gasteiger partial charge in [0.05, 0.1) is 41.1 Å². The molecule has 3 fully saturated rings. The number of methoxy groups -OCH3 is 1. The molecule has 3 rings (SSSR count). The van der Waals surface area contributed by atoms with Crippen LogP contribution < -0.4 is 5.32 Å². The van der Waals surface area contributed by atoms with E-state index in [-0.39, 0.29) is 43.1 Å². The molecule has 0 amide bonds. The number of nitrogens with zero attached hydrogens (tertiary/aromatic N) is 1. The van der Waals surface area contributed by atoms with Gasteiger partial charge >= 0.3 is 5.97 Å². The number of carbonyl (C=O) groups excluding carboxylic acids is 1. The zero-order valence-electron chi connectivity index (χ0n) is 29.9. The molecule has 0 saturated carbocycles. The predicted molar refractivity (Wildman–Crippen MR) is 173 cm³/mol. The zero-order chi connectivity index (χ0) is 34.8. The van der Waals surface area contributed by atoms with Gasteiger partial charge in [-0.1, -0.05) is 39.8 Å². The number of nitrogens with one attached hydrogen (secondary N) is 1. The third kappa shape index (κ3) is 8.42. The number of ether oxygens (including phenoxy) is 4. The first-order chi connectivity index (χ1) is 21.3. The summed E-state index contributed by atoms with van der Waals surface area (Å²) in [6.45, 7) is 19.3. The number of carbonyl (C=O) groups is 1. The van der Waals surface area contributed by atoms with Crippen LogP contribution in [0.3, 0.4) is 0 Å². The molecule has 15 atom stereocenters. The molecule has 268 valence electrons. The topological polar surface area (TPSA) is 169 Å². The van der Waals surface area contributed by atoms with Crippen molar-refractivity contribution in [2.75, 3.05) is 20.2 Å². The summed E-state index contributed by atoms with van der Waals surface area (Å²) in [5.74, 6) is -3.22. The largest absolute Gasteiger partial charge is 0.459 e. The van der Waals surface area contributed by atoms with Crippen molar-refractivity contribution in [3.63, 3.8) is 0 Å². The van der Waals surface area contributed by atoms with Crippen LogP contribution in [-0.2, 0) is 28.6 Å². The third-order valence-corrected chi connectivity index (χ3v) is 11.3. The number of hydrogen-bond acceptors (Lipinski definition) is 12. The van der Waals surface area contributed by atoms with E-state index in [1.165, 1.54) is 14.0 Å². The Morgan fingerprint density at radius 3 is 2.22 bits per heavy atom. The molecule has 0 spiro atoms. The highest BCUT2D eigenvalue weighted by Gasteiger charge is 2.51. The molecule has 3 heterocycles. The minimum atomic E-state index is -1.83. The molecule has 3 aliphatic rings. The second-order valence-corrected chi connectivity index (χ2v) is 15.0. The SMILES string of the molecule is CC[C@H]1OC(=O)[C@H](C)[C@@H](O[C@H]2C[C@@](C)(OC)[C@@H](O)[C@H](C)O2)[C@H](C)[C@@H](C)[C@](C)(O)C[C@@H](C)C(=NOC2CCNC2)[C@H](C)[C@@H](O)[C@]1(C)O. The van der Waals surface area contributed by atoms with Gasteiger partial charge < -0.3 is 49.5 Å². The average Bonchev–Trinajstić information content (AvgIpc) is 3.52. The van der Waals surface area contributed by atoms with Gasteiger partial charge in [0.1, 0.15) is 23.9 Å². The van der Waals surface area contributed by atoms with Gasteiger partial charge in [0.15, 0.2) is 6.29 Å². The van der Waals surface area contributed by atoms with Crippen molar-refractivity contribution in [1.82, 2.24) is 5.32 Å². The Hall–Kier alpha value is -1.38. The fourth-order valence-electron chi connectivity index (χ4n) is 7.56. The first kappa shape index (κ1) is 39.1. The number of cyclic esters (lactones) is 1. The van der Waals surface area contributed by atoms with Crippen molar-refractivity contribution < 1.29 is 49.0 Å². The van der Waals surface area contributed by atoms with E-state index in [1.54, 1.807) is 41.5 Å². The summed E-state index contributed by atoms with van der Waals surface area (Å²) in [4.78, 5) is 19.8. The smallest absolute Gasteiger partial charge is 0.311 e. The minimum Gasteiger partial charge on any atom is -0.459 e. The minimum absolute atomic E-state index is 0.119. The second kappa shape index (κ2) is 15.4. The van der Waals surface area contributed by atoms with Crippen LogP contribution in [0.5, 0.6) is 0 Å². The van der Waals surface area contributed by atoms with Crippen molar-refractivity contribution in [2.45, 2.75) is 155 Å². The lowest BCUT2D eigenvalue weighted by atomic mass is 9.70. The first-order valence-electron chi connectivity index (χ1n) is 17.1. The summed E-state index contributed by atoms with van der Waals surface area (Å²) in [5.41, 5.74) is -3.52. The van der Waals surface area contributed by atoms with Crippen LogP contribution in [0.2, 0.25) is 0 Å². The van der Waals surface area contributed by atoms with E-state index in [9.17, 15) is 25.2 Å². The van der Waals surface area contributed by atoms with E-state index < -0.39 is 71.4 Å². The molecule has 0 bridgehead atoms. The van der Waals surface area contributed by atoms with Crippen LogP contribution in [-0.4, -0.2) is 112 Å². The fourth-order valence-corrected chi connectivity index (χ4v) is 7.56. The molecule has 0 aromatic carbocycles. The van der Waals surface area contributed by atoms with Crippen LogP contribution >= 0.6 is 0 Å². The average molecular weight is 659 g/mol. The van der Waals surface area contributed by atoms with Crippen LogP contribution in [0.4, 0.5) is 0 Å². The molecule has 12 heteroatoms. The summed E-state index contributed by atoms with van der Waals surface area (Å²) in [6, 6.07) is 0. The Morgan fingerprint density at radius 1 is 1.00 bits per heavy atom. The Morgan fingerprint density at radius 2 is 1.65 bits per heavy atom. The quantitative estimate of drug-likeness (QED) is 0.210. The summed E-state index contributed by atoms with van der Waals surface area (Å²) in [7, 11) is 1.53. The summed E-state index contributed by atoms with van der Waals surface area (Å²) < 4.78 is 24.3. The van der Waals surface area contributed by atoms with E-state index in [0.717, 1.165) is 13.0 Å². The molecular weight excluding hydrogens is 596 g/mol. The van der Waals surface area contributed by atoms with E-state index in [2.05, 4.69) is 10.5 Å². The molecule has 3 aliphatic heterocycles. The third-order valence-electron chi connectivity index (χ3n) is 11.3. The summed E-state index contributed by atoms with van der Waals surface area (Å²) >= 11 is 0. The van der Waals surface area contributed by atoms with Gasteiger partial charge in [-0.15, -0.1) is 0 Å². The number of aliphatic hydroxyl groups excluding tert-OH is 2. The highest BCUT2D eigenvalue weighted by molar-refractivity contribution is 5.88. The van der Waals surface area contributed by atoms with Gasteiger partial charge in [0.2, 0.25) is 0 Å². The molecule has 0 aromatic heterocycles. The lowest BCUT2D eigenvalue weighted by molar-refractivity contribution is -0.298. The second-order valence-electron chi connectivity index (χ2n) is 15.0. The van der Waals surface area contributed by atoms with Crippen molar-refractivity contribution in [2.24, 2.45) is 34.7 Å². The van der Waals surface area contributed by atoms with Gasteiger partial charge in [-0.3, -0.25) is 4.79 Å². The molecule has 46 heavy (non-hydrogen) atoms. The van der Waals surface area contributed by atoms with Gasteiger partial charge in [-0.2, -0.15) is 0 Å². The van der Waals surface area contributed by atoms with Crippen molar-refractivity contribution in [3.8, 4) is 0 Å². The lowest BCUT2D eigenvalue weighted by Gasteiger charge is -2.47. The maximum absolute atomic E-state index is 13.8. The lowest BCUT2D eigenvalue weighted by Crippen LogP contribution is -2.58. The van der Waals surface area contributed by atoms with Gasteiger partial charge in [0, 0.05) is 38.3 Å². The number of aliphatic hydroxyl groups is 4. The number of rotatable bonds is 6. The van der Waals surface area contributed by atoms with Gasteiger partial charge in [0.25, 0.3) is 0 Å². The van der Waals surface area contributed by atoms with Crippen molar-refractivity contribution in [3.05, 3.63) is 0 Å². The standard InChI is InChI=1S/C34H62N2O10/c1-12-25-34(10,41)29(37)20(4)27(36-46-24-13-14-35-17-24)18(2)15-32(8,40)22(6)19(3)28(21(5)31(39)44-25)45-26-16-33(9,42-11)30(38)23(7)43-26/h18-26,28-30,35,37-38,40-41H,12-17H2,1-11H3/t18-,19-,20+,21-,22-,23+,24?,25-,26+,28+,29-,30+,32-,33-,34-/m1/s1. The maximum atomic E-state index is 13.8. The van der Waals surface area contributed by atoms with E-state index in [1.807, 2.05) is 20.8 Å². The van der Waals surface area contributed by atoms with E-state index >= 15 is 0 Å². The Kier molecular flexibility index (Phi) is 13.1. The van der Waals surface area contributed by atoms with Gasteiger partial charge in [-0.05, 0) is 65.8 Å². The zero-order valence-corrected chi connectivity index (χ0v) is 29.9. The van der Waals surface area contributed by atoms with Crippen molar-refractivity contribution >= 4 is 11.7 Å². The highest BCUT2D eigenvalue weighted by atomic mass is 16.7. The summed E-state index contributed by atoms with van der Waals surface area (Å²) in [5, 5.41) is 54.0. The number of esters is 1. The van der Waals surface area contributed by atoms with E-state index in [4.69, 9.17) is 23.8 Å². The van der Waals surface area contributed by atoms with E-state index in [0.29, 0.717) is 12.3 Å². The molecule has 5 N–H and O–H groups in total. The molecule has 12 nitrogen and oxygen atoms in total. The highest BCUT2D eigenvalue weighted by Crippen LogP contribution is 2.40. The van der Waals surface area contributed by atoms with Crippen LogP contribution in [0.15, 0.2) is 5.16 Å². The van der Waals surface area contributed by atoms with Crippen LogP contribution in [0.1, 0.15) is 94.9 Å². The summed E-state index contributed by atoms with van der Waals surface area (Å²) in [6.07, 6.45) is -4.04. The molecule has 0 aromatic rings. The van der Waals surface area contributed by atoms with Crippen LogP contribution in [0.25, 0.3) is 0 Å². The van der Waals surface area contributed by atoms with Gasteiger partial charge in [-0.25, -0.2) is 0 Å². The maximum Gasteiger partial charge on any atom is 0.311 e. The molecule has 1 unspecified atom stereocenters. The molecule has 0 radical (unpaired) electrons. The first-order valence-corrected chi connectivity index (χ1v) is 17.1. The van der Waals surface area contributed by atoms with Crippen molar-refractivity contribution in [1.29, 1.82) is 0 Å². The Bertz CT molecular complexity index is 1030. The van der Waals surface area contributed by atoms with Crippen LogP contribution in [0, 0.1) is 29.6 Å². The predicted octanol–water partition coefficient (Wildman–Crippen LogP) is 2.78. The molecule has 3 saturated heterocycles.